The topological polar surface area (TPSA) is 3.24 Å². The van der Waals surface area contributed by atoms with Crippen molar-refractivity contribution in [2.45, 2.75) is 6.42 Å². The number of allylic oxidation sites excluding steroid dienone is 5. The fraction of sp³-hybridized carbons (Fsp3) is 0.0769. The molecule has 0 fully saturated rings. The number of anilines is 1. The van der Waals surface area contributed by atoms with Crippen LogP contribution in [0.5, 0.6) is 0 Å². The molecule has 0 saturated heterocycles. The minimum Gasteiger partial charge on any atom is -0.320 e. The number of fused-ring (bicyclic) bond motifs is 3. The smallest absolute Gasteiger partial charge is 0.0488 e. The Balaban J connectivity index is 2.16. The van der Waals surface area contributed by atoms with Gasteiger partial charge in [-0.1, -0.05) is 30.4 Å². The van der Waals surface area contributed by atoms with Gasteiger partial charge in [-0.05, 0) is 23.8 Å². The van der Waals surface area contributed by atoms with Crippen molar-refractivity contribution >= 4 is 5.69 Å². The molecule has 1 nitrogen and oxygen atoms in total. The Kier molecular flexibility index (Phi) is 1.57. The molecule has 2 heterocycles. The van der Waals surface area contributed by atoms with Gasteiger partial charge in [-0.2, -0.15) is 0 Å². The number of hydrogen-bond acceptors (Lipinski definition) is 1. The van der Waals surface area contributed by atoms with Crippen LogP contribution in [0.25, 0.3) is 0 Å². The predicted molar refractivity (Wildman–Crippen MR) is 59.0 cm³/mol. The first kappa shape index (κ1) is 7.63. The molecule has 0 spiro atoms. The van der Waals surface area contributed by atoms with Crippen molar-refractivity contribution in [3.63, 3.8) is 0 Å². The van der Waals surface area contributed by atoms with Gasteiger partial charge < -0.3 is 4.90 Å². The summed E-state index contributed by atoms with van der Waals surface area (Å²) < 4.78 is 0. The Labute approximate surface area is 83.7 Å². The average molecular weight is 181 g/mol. The van der Waals surface area contributed by atoms with Gasteiger partial charge >= 0.3 is 0 Å². The maximum absolute atomic E-state index is 2.26. The molecule has 0 aliphatic carbocycles. The zero-order valence-corrected chi connectivity index (χ0v) is 7.85. The van der Waals surface area contributed by atoms with Crippen molar-refractivity contribution in [3.05, 3.63) is 66.0 Å². The lowest BCUT2D eigenvalue weighted by Crippen LogP contribution is -2.08. The first-order valence-corrected chi connectivity index (χ1v) is 4.86. The maximum atomic E-state index is 2.26. The molecule has 1 heteroatoms. The molecular weight excluding hydrogens is 170 g/mol. The van der Waals surface area contributed by atoms with Crippen LogP contribution in [0.1, 0.15) is 5.56 Å². The Bertz CT molecular complexity index is 452. The minimum absolute atomic E-state index is 1.05. The molecule has 0 N–H and O–H groups in total. The van der Waals surface area contributed by atoms with Crippen molar-refractivity contribution in [2.24, 2.45) is 0 Å². The average Bonchev–Trinajstić information content (AvgIpc) is 2.42. The van der Waals surface area contributed by atoms with E-state index in [1.807, 2.05) is 0 Å². The summed E-state index contributed by atoms with van der Waals surface area (Å²) in [5.41, 5.74) is 4.09. The lowest BCUT2D eigenvalue weighted by Gasteiger charge is -2.14. The second-order valence-corrected chi connectivity index (χ2v) is 3.56. The van der Waals surface area contributed by atoms with E-state index in [0.29, 0.717) is 0 Å². The third-order valence-corrected chi connectivity index (χ3v) is 2.68. The number of nitrogens with zero attached hydrogens (tertiary/aromatic N) is 1. The van der Waals surface area contributed by atoms with E-state index in [-0.39, 0.29) is 0 Å². The second-order valence-electron chi connectivity index (χ2n) is 3.56. The van der Waals surface area contributed by atoms with Gasteiger partial charge in [0.15, 0.2) is 0 Å². The molecule has 68 valence electrons. The van der Waals surface area contributed by atoms with Crippen molar-refractivity contribution in [3.8, 4) is 0 Å². The molecule has 0 radical (unpaired) electrons. The first-order valence-electron chi connectivity index (χ1n) is 4.86. The molecule has 0 unspecified atom stereocenters. The fourth-order valence-corrected chi connectivity index (χ4v) is 2.01. The van der Waals surface area contributed by atoms with Crippen LogP contribution >= 0.6 is 0 Å². The predicted octanol–water partition coefficient (Wildman–Crippen LogP) is 3.02. The number of rotatable bonds is 0. The van der Waals surface area contributed by atoms with Crippen LogP contribution in [-0.4, -0.2) is 0 Å². The SMILES string of the molecule is C1=CC=C2Cc3ccccc3N2C=C1. The van der Waals surface area contributed by atoms with Crippen molar-refractivity contribution in [1.29, 1.82) is 0 Å². The zero-order chi connectivity index (χ0) is 9.38. The summed E-state index contributed by atoms with van der Waals surface area (Å²) in [6.07, 6.45) is 11.6. The number of hydrogen-bond donors (Lipinski definition) is 0. The largest absolute Gasteiger partial charge is 0.320 e. The van der Waals surface area contributed by atoms with Gasteiger partial charge in [0.2, 0.25) is 0 Å². The molecule has 0 bridgehead atoms. The summed E-state index contributed by atoms with van der Waals surface area (Å²) in [5, 5.41) is 0. The van der Waals surface area contributed by atoms with Gasteiger partial charge in [0.25, 0.3) is 0 Å². The molecule has 14 heavy (non-hydrogen) atoms. The molecule has 0 atom stereocenters. The lowest BCUT2D eigenvalue weighted by molar-refractivity contribution is 1.15. The molecule has 0 aromatic heterocycles. The Morgan fingerprint density at radius 2 is 1.93 bits per heavy atom. The maximum Gasteiger partial charge on any atom is 0.0488 e. The molecule has 0 amide bonds. The van der Waals surface area contributed by atoms with Crippen LogP contribution in [0.2, 0.25) is 0 Å². The summed E-state index contributed by atoms with van der Waals surface area (Å²) in [7, 11) is 0. The standard InChI is InChI=1S/C13H11N/c1-2-7-12-10-11-6-3-4-8-13(11)14(12)9-5-1/h1-9H,10H2. The fourth-order valence-electron chi connectivity index (χ4n) is 2.01. The highest BCUT2D eigenvalue weighted by Gasteiger charge is 2.21. The summed E-state index contributed by atoms with van der Waals surface area (Å²) in [6, 6.07) is 8.56. The lowest BCUT2D eigenvalue weighted by atomic mass is 10.1. The van der Waals surface area contributed by atoms with E-state index < -0.39 is 0 Å². The Morgan fingerprint density at radius 1 is 1.00 bits per heavy atom. The van der Waals surface area contributed by atoms with Gasteiger partial charge in [-0.3, -0.25) is 0 Å². The summed E-state index contributed by atoms with van der Waals surface area (Å²) in [5.74, 6) is 0. The van der Waals surface area contributed by atoms with E-state index >= 15 is 0 Å². The summed E-state index contributed by atoms with van der Waals surface area (Å²) in [6.45, 7) is 0. The van der Waals surface area contributed by atoms with Crippen LogP contribution in [0.3, 0.4) is 0 Å². The van der Waals surface area contributed by atoms with Gasteiger partial charge in [0, 0.05) is 24.0 Å². The van der Waals surface area contributed by atoms with Gasteiger partial charge in [-0.15, -0.1) is 0 Å². The van der Waals surface area contributed by atoms with Gasteiger partial charge in [0.05, 0.1) is 0 Å². The highest BCUT2D eigenvalue weighted by molar-refractivity contribution is 5.68. The Morgan fingerprint density at radius 3 is 2.93 bits per heavy atom. The zero-order valence-electron chi connectivity index (χ0n) is 7.85. The first-order chi connectivity index (χ1) is 6.95. The molecule has 0 saturated carbocycles. The molecular formula is C13H11N. The summed E-state index contributed by atoms with van der Waals surface area (Å²) in [4.78, 5) is 2.26. The van der Waals surface area contributed by atoms with Crippen molar-refractivity contribution in [2.75, 3.05) is 4.90 Å². The van der Waals surface area contributed by atoms with Gasteiger partial charge in [-0.25, -0.2) is 0 Å². The van der Waals surface area contributed by atoms with E-state index in [1.54, 1.807) is 0 Å². The quantitative estimate of drug-likeness (QED) is 0.594. The van der Waals surface area contributed by atoms with Crippen LogP contribution < -0.4 is 4.90 Å². The second kappa shape index (κ2) is 2.88. The van der Waals surface area contributed by atoms with E-state index in [2.05, 4.69) is 59.7 Å². The number of para-hydroxylation sites is 1. The number of benzene rings is 1. The molecule has 2 aliphatic rings. The van der Waals surface area contributed by atoms with Crippen LogP contribution in [-0.2, 0) is 6.42 Å². The van der Waals surface area contributed by atoms with E-state index in [1.165, 1.54) is 16.9 Å². The van der Waals surface area contributed by atoms with E-state index in [0.717, 1.165) is 6.42 Å². The molecule has 1 aromatic rings. The minimum atomic E-state index is 1.05. The van der Waals surface area contributed by atoms with Crippen LogP contribution in [0, 0.1) is 0 Å². The normalized spacial score (nSPS) is 17.4. The molecule has 1 aromatic carbocycles. The highest BCUT2D eigenvalue weighted by atomic mass is 15.1. The summed E-state index contributed by atoms with van der Waals surface area (Å²) >= 11 is 0. The third kappa shape index (κ3) is 1.02. The van der Waals surface area contributed by atoms with Crippen LogP contribution in [0.15, 0.2) is 60.5 Å². The molecule has 2 aliphatic heterocycles. The van der Waals surface area contributed by atoms with Gasteiger partial charge in [0.1, 0.15) is 0 Å². The van der Waals surface area contributed by atoms with Crippen LogP contribution in [0.4, 0.5) is 5.69 Å². The third-order valence-electron chi connectivity index (χ3n) is 2.68. The highest BCUT2D eigenvalue weighted by Crippen LogP contribution is 2.34. The monoisotopic (exact) mass is 181 g/mol. The Hall–Kier alpha value is -1.76. The van der Waals surface area contributed by atoms with Crippen molar-refractivity contribution in [1.82, 2.24) is 0 Å². The van der Waals surface area contributed by atoms with Crippen molar-refractivity contribution < 1.29 is 0 Å². The molecule has 3 rings (SSSR count). The van der Waals surface area contributed by atoms with E-state index in [4.69, 9.17) is 0 Å². The van der Waals surface area contributed by atoms with E-state index in [9.17, 15) is 0 Å².